The summed E-state index contributed by atoms with van der Waals surface area (Å²) in [5.74, 6) is 0.244. The lowest BCUT2D eigenvalue weighted by Crippen LogP contribution is -2.31. The highest BCUT2D eigenvalue weighted by Crippen LogP contribution is 2.34. The van der Waals surface area contributed by atoms with Gasteiger partial charge in [-0.1, -0.05) is 55.8 Å². The van der Waals surface area contributed by atoms with Gasteiger partial charge in [-0.15, -0.1) is 0 Å². The molecule has 0 spiro atoms. The number of rotatable bonds is 3. The molecule has 2 heterocycles. The minimum Gasteiger partial charge on any atom is -0.286 e. The van der Waals surface area contributed by atoms with Crippen LogP contribution in [0.25, 0.3) is 0 Å². The molecular formula is C15H18N2OS. The second-order valence-electron chi connectivity index (χ2n) is 5.04. The summed E-state index contributed by atoms with van der Waals surface area (Å²) in [5, 5.41) is 1.01. The zero-order valence-electron chi connectivity index (χ0n) is 11.1. The molecule has 1 aromatic rings. The number of carbonyl (C=O) groups is 1. The Hall–Kier alpha value is -1.29. The quantitative estimate of drug-likeness (QED) is 0.848. The summed E-state index contributed by atoms with van der Waals surface area (Å²) in [5.41, 5.74) is 2.47. The van der Waals surface area contributed by atoms with Gasteiger partial charge in [-0.05, 0) is 17.5 Å². The Balaban J connectivity index is 1.82. The van der Waals surface area contributed by atoms with Crippen molar-refractivity contribution in [1.29, 1.82) is 0 Å². The van der Waals surface area contributed by atoms with Crippen LogP contribution in [-0.2, 0) is 17.9 Å². The van der Waals surface area contributed by atoms with E-state index in [1.165, 1.54) is 11.1 Å². The average Bonchev–Trinajstić information content (AvgIpc) is 2.62. The van der Waals surface area contributed by atoms with Crippen LogP contribution in [0.5, 0.6) is 0 Å². The number of hydrogen-bond acceptors (Lipinski definition) is 3. The standard InChI is InChI=1S/C15H18N2OS/c1-2-3-8-13-14(18)17-10-12-7-5-4-6-11(12)9-16-15(17)19-13/h4-7,13H,2-3,8-10H2,1H3. The first-order chi connectivity index (χ1) is 9.29. The number of benzene rings is 1. The lowest BCUT2D eigenvalue weighted by Gasteiger charge is -2.15. The zero-order chi connectivity index (χ0) is 13.2. The summed E-state index contributed by atoms with van der Waals surface area (Å²) in [6.07, 6.45) is 3.22. The van der Waals surface area contributed by atoms with Gasteiger partial charge in [0.05, 0.1) is 18.3 Å². The molecule has 0 bridgehead atoms. The molecule has 0 N–H and O–H groups in total. The molecule has 1 amide bonds. The Morgan fingerprint density at radius 2 is 2.16 bits per heavy atom. The van der Waals surface area contributed by atoms with Gasteiger partial charge in [-0.25, -0.2) is 0 Å². The number of nitrogens with zero attached hydrogens (tertiary/aromatic N) is 2. The van der Waals surface area contributed by atoms with Crippen LogP contribution in [0.3, 0.4) is 0 Å². The van der Waals surface area contributed by atoms with E-state index in [-0.39, 0.29) is 11.2 Å². The second-order valence-corrected chi connectivity index (χ2v) is 6.21. The molecule has 1 unspecified atom stereocenters. The first kappa shape index (κ1) is 12.7. The molecule has 19 heavy (non-hydrogen) atoms. The highest BCUT2D eigenvalue weighted by molar-refractivity contribution is 8.15. The number of fused-ring (bicyclic) bond motifs is 2. The summed E-state index contributed by atoms with van der Waals surface area (Å²) in [6.45, 7) is 3.54. The summed E-state index contributed by atoms with van der Waals surface area (Å²) in [7, 11) is 0. The normalized spacial score (nSPS) is 21.7. The van der Waals surface area contributed by atoms with Gasteiger partial charge in [0.1, 0.15) is 0 Å². The lowest BCUT2D eigenvalue weighted by molar-refractivity contribution is -0.126. The number of amidine groups is 1. The molecule has 3 nitrogen and oxygen atoms in total. The van der Waals surface area contributed by atoms with Gasteiger partial charge in [0, 0.05) is 0 Å². The summed E-state index contributed by atoms with van der Waals surface area (Å²) >= 11 is 1.65. The molecule has 2 aliphatic rings. The van der Waals surface area contributed by atoms with E-state index in [1.807, 2.05) is 17.0 Å². The monoisotopic (exact) mass is 274 g/mol. The third-order valence-electron chi connectivity index (χ3n) is 3.67. The fourth-order valence-corrected chi connectivity index (χ4v) is 3.73. The molecule has 1 fully saturated rings. The van der Waals surface area contributed by atoms with Crippen LogP contribution in [0, 0.1) is 0 Å². The van der Waals surface area contributed by atoms with Crippen molar-refractivity contribution in [2.45, 2.75) is 44.5 Å². The van der Waals surface area contributed by atoms with Crippen molar-refractivity contribution in [2.75, 3.05) is 0 Å². The lowest BCUT2D eigenvalue weighted by atomic mass is 10.1. The highest BCUT2D eigenvalue weighted by atomic mass is 32.2. The number of thioether (sulfide) groups is 1. The Morgan fingerprint density at radius 3 is 2.95 bits per heavy atom. The molecule has 3 rings (SSSR count). The number of amides is 1. The van der Waals surface area contributed by atoms with Crippen LogP contribution in [-0.4, -0.2) is 21.2 Å². The highest BCUT2D eigenvalue weighted by Gasteiger charge is 2.38. The maximum Gasteiger partial charge on any atom is 0.242 e. The van der Waals surface area contributed by atoms with Crippen LogP contribution >= 0.6 is 11.8 Å². The number of unbranched alkanes of at least 4 members (excludes halogenated alkanes) is 1. The molecule has 1 saturated heterocycles. The predicted molar refractivity (Wildman–Crippen MR) is 79.0 cm³/mol. The van der Waals surface area contributed by atoms with Crippen LogP contribution in [0.1, 0.15) is 37.3 Å². The fourth-order valence-electron chi connectivity index (χ4n) is 2.54. The molecule has 100 valence electrons. The van der Waals surface area contributed by atoms with Crippen molar-refractivity contribution in [1.82, 2.24) is 4.90 Å². The zero-order valence-corrected chi connectivity index (χ0v) is 11.9. The van der Waals surface area contributed by atoms with Crippen LogP contribution < -0.4 is 0 Å². The van der Waals surface area contributed by atoms with E-state index in [2.05, 4.69) is 24.0 Å². The molecule has 0 saturated carbocycles. The third kappa shape index (κ3) is 2.41. The van der Waals surface area contributed by atoms with Gasteiger partial charge in [0.25, 0.3) is 0 Å². The second kappa shape index (κ2) is 5.37. The molecule has 0 radical (unpaired) electrons. The molecule has 2 aliphatic heterocycles. The topological polar surface area (TPSA) is 32.7 Å². The van der Waals surface area contributed by atoms with Crippen molar-refractivity contribution in [3.05, 3.63) is 35.4 Å². The molecule has 1 aromatic carbocycles. The van der Waals surface area contributed by atoms with Crippen molar-refractivity contribution in [3.8, 4) is 0 Å². The van der Waals surface area contributed by atoms with E-state index in [9.17, 15) is 4.79 Å². The van der Waals surface area contributed by atoms with Crippen LogP contribution in [0.4, 0.5) is 0 Å². The number of hydrogen-bond donors (Lipinski definition) is 0. The Kier molecular flexibility index (Phi) is 3.60. The molecular weight excluding hydrogens is 256 g/mol. The first-order valence-electron chi connectivity index (χ1n) is 6.89. The van der Waals surface area contributed by atoms with Crippen molar-refractivity contribution in [3.63, 3.8) is 0 Å². The minimum atomic E-state index is 0.0870. The van der Waals surface area contributed by atoms with Gasteiger partial charge >= 0.3 is 0 Å². The van der Waals surface area contributed by atoms with E-state index in [0.717, 1.165) is 24.4 Å². The molecule has 4 heteroatoms. The van der Waals surface area contributed by atoms with Gasteiger partial charge in [-0.3, -0.25) is 14.7 Å². The summed E-state index contributed by atoms with van der Waals surface area (Å²) in [6, 6.07) is 8.27. The van der Waals surface area contributed by atoms with Crippen LogP contribution in [0.2, 0.25) is 0 Å². The summed E-state index contributed by atoms with van der Waals surface area (Å²) in [4.78, 5) is 18.9. The van der Waals surface area contributed by atoms with Crippen molar-refractivity contribution < 1.29 is 4.79 Å². The van der Waals surface area contributed by atoms with Crippen molar-refractivity contribution in [2.24, 2.45) is 4.99 Å². The Bertz CT molecular complexity index is 527. The number of aliphatic imine (C=N–C) groups is 1. The number of carbonyl (C=O) groups excluding carboxylic acids is 1. The van der Waals surface area contributed by atoms with E-state index < -0.39 is 0 Å². The molecule has 0 aliphatic carbocycles. The average molecular weight is 274 g/mol. The largest absolute Gasteiger partial charge is 0.286 e. The van der Waals surface area contributed by atoms with E-state index in [1.54, 1.807) is 11.8 Å². The first-order valence-corrected chi connectivity index (χ1v) is 7.77. The van der Waals surface area contributed by atoms with Gasteiger partial charge in [0.15, 0.2) is 5.17 Å². The van der Waals surface area contributed by atoms with E-state index in [4.69, 9.17) is 0 Å². The van der Waals surface area contributed by atoms with Gasteiger partial charge in [0.2, 0.25) is 5.91 Å². The Labute approximate surface area is 118 Å². The van der Waals surface area contributed by atoms with Gasteiger partial charge < -0.3 is 0 Å². The van der Waals surface area contributed by atoms with Gasteiger partial charge in [-0.2, -0.15) is 0 Å². The minimum absolute atomic E-state index is 0.0870. The SMILES string of the molecule is CCCCC1SC2=NCc3ccccc3CN2C1=O. The smallest absolute Gasteiger partial charge is 0.242 e. The Morgan fingerprint density at radius 1 is 1.37 bits per heavy atom. The molecule has 1 atom stereocenters. The van der Waals surface area contributed by atoms with Crippen LogP contribution in [0.15, 0.2) is 29.3 Å². The van der Waals surface area contributed by atoms with E-state index >= 15 is 0 Å². The summed E-state index contributed by atoms with van der Waals surface area (Å²) < 4.78 is 0. The van der Waals surface area contributed by atoms with E-state index in [0.29, 0.717) is 13.1 Å². The molecule has 0 aromatic heterocycles. The predicted octanol–water partition coefficient (Wildman–Crippen LogP) is 3.19. The maximum atomic E-state index is 12.4. The fraction of sp³-hybridized carbons (Fsp3) is 0.467. The van der Waals surface area contributed by atoms with Crippen molar-refractivity contribution >= 4 is 22.8 Å². The maximum absolute atomic E-state index is 12.4. The third-order valence-corrected chi connectivity index (χ3v) is 4.95.